The van der Waals surface area contributed by atoms with Crippen molar-refractivity contribution >= 4 is 11.9 Å². The fourth-order valence-corrected chi connectivity index (χ4v) is 6.67. The Bertz CT molecular complexity index is 521. The van der Waals surface area contributed by atoms with Crippen molar-refractivity contribution in [2.45, 2.75) is 181 Å². The Morgan fingerprint density at radius 1 is 0.472 bits per heavy atom. The van der Waals surface area contributed by atoms with Crippen LogP contribution >= 0.6 is 0 Å². The van der Waals surface area contributed by atoms with E-state index in [9.17, 15) is 9.59 Å². The zero-order valence-electron chi connectivity index (χ0n) is 24.1. The second-order valence-corrected chi connectivity index (χ2v) is 12.2. The van der Waals surface area contributed by atoms with E-state index in [0.29, 0.717) is 23.7 Å². The molecule has 4 heteroatoms. The maximum Gasteiger partial charge on any atom is 0.303 e. The molecule has 0 spiro atoms. The van der Waals surface area contributed by atoms with Crippen LogP contribution in [0.2, 0.25) is 0 Å². The fourth-order valence-electron chi connectivity index (χ4n) is 6.67. The lowest BCUT2D eigenvalue weighted by Gasteiger charge is -2.48. The molecule has 1 aliphatic carbocycles. The summed E-state index contributed by atoms with van der Waals surface area (Å²) in [5.41, 5.74) is 1.11. The summed E-state index contributed by atoms with van der Waals surface area (Å²) in [5.74, 6) is -1.33. The van der Waals surface area contributed by atoms with Crippen LogP contribution in [-0.2, 0) is 9.59 Å². The van der Waals surface area contributed by atoms with E-state index in [1.807, 2.05) is 0 Å². The molecule has 0 aromatic heterocycles. The van der Waals surface area contributed by atoms with Crippen molar-refractivity contribution in [1.82, 2.24) is 0 Å². The summed E-state index contributed by atoms with van der Waals surface area (Å²) in [7, 11) is 0. The molecule has 0 aliphatic heterocycles. The van der Waals surface area contributed by atoms with E-state index in [1.54, 1.807) is 0 Å². The highest BCUT2D eigenvalue weighted by Gasteiger charge is 2.41. The van der Waals surface area contributed by atoms with Crippen LogP contribution in [0.1, 0.15) is 181 Å². The standard InChI is InChI=1S/C32H60O4/c1-3-5-15-21-31(22-16-6-4-2)25-27-32(28-26-31,23-17-11-7-9-13-19-29(33)34)24-18-12-8-10-14-20-30(35)36/h3-28H2,1-2H3,(H,33,34)(H,35,36). The monoisotopic (exact) mass is 508 g/mol. The van der Waals surface area contributed by atoms with Crippen molar-refractivity contribution in [1.29, 1.82) is 0 Å². The number of carboxylic acid groups (broad SMARTS) is 2. The zero-order valence-corrected chi connectivity index (χ0v) is 24.1. The summed E-state index contributed by atoms with van der Waals surface area (Å²) >= 11 is 0. The Balaban J connectivity index is 2.59. The Kier molecular flexibility index (Phi) is 18.3. The third-order valence-corrected chi connectivity index (χ3v) is 9.19. The van der Waals surface area contributed by atoms with Crippen molar-refractivity contribution in [2.75, 3.05) is 0 Å². The molecule has 4 nitrogen and oxygen atoms in total. The van der Waals surface area contributed by atoms with Crippen LogP contribution in [0.25, 0.3) is 0 Å². The van der Waals surface area contributed by atoms with Gasteiger partial charge in [-0.25, -0.2) is 0 Å². The summed E-state index contributed by atoms with van der Waals surface area (Å²) in [6.45, 7) is 4.64. The summed E-state index contributed by atoms with van der Waals surface area (Å²) in [6, 6.07) is 0. The van der Waals surface area contributed by atoms with Crippen LogP contribution in [0.5, 0.6) is 0 Å². The van der Waals surface area contributed by atoms with Crippen molar-refractivity contribution in [2.24, 2.45) is 10.8 Å². The molecule has 1 rings (SSSR count). The lowest BCUT2D eigenvalue weighted by Crippen LogP contribution is -2.35. The topological polar surface area (TPSA) is 74.6 Å². The van der Waals surface area contributed by atoms with Crippen molar-refractivity contribution in [3.8, 4) is 0 Å². The van der Waals surface area contributed by atoms with E-state index >= 15 is 0 Å². The Morgan fingerprint density at radius 3 is 1.06 bits per heavy atom. The summed E-state index contributed by atoms with van der Waals surface area (Å²) in [5, 5.41) is 17.7. The minimum atomic E-state index is -0.666. The molecule has 1 aliphatic rings. The molecule has 36 heavy (non-hydrogen) atoms. The summed E-state index contributed by atoms with van der Waals surface area (Å²) in [6.07, 6.45) is 31.2. The van der Waals surface area contributed by atoms with Gasteiger partial charge in [0.1, 0.15) is 0 Å². The van der Waals surface area contributed by atoms with Gasteiger partial charge in [-0.3, -0.25) is 9.59 Å². The lowest BCUT2D eigenvalue weighted by atomic mass is 9.58. The van der Waals surface area contributed by atoms with Gasteiger partial charge in [0, 0.05) is 12.8 Å². The summed E-state index contributed by atoms with van der Waals surface area (Å²) < 4.78 is 0. The number of carbonyl (C=O) groups is 2. The predicted octanol–water partition coefficient (Wildman–Crippen LogP) is 10.3. The highest BCUT2D eigenvalue weighted by molar-refractivity contribution is 5.66. The third kappa shape index (κ3) is 15.3. The van der Waals surface area contributed by atoms with Crippen molar-refractivity contribution in [3.05, 3.63) is 0 Å². The maximum atomic E-state index is 10.7. The van der Waals surface area contributed by atoms with E-state index in [4.69, 9.17) is 10.2 Å². The van der Waals surface area contributed by atoms with E-state index in [1.165, 1.54) is 128 Å². The molecule has 2 N–H and O–H groups in total. The van der Waals surface area contributed by atoms with E-state index in [2.05, 4.69) is 13.8 Å². The van der Waals surface area contributed by atoms with Crippen LogP contribution < -0.4 is 0 Å². The van der Waals surface area contributed by atoms with Gasteiger partial charge in [0.05, 0.1) is 0 Å². The number of hydrogen-bond donors (Lipinski definition) is 2. The number of hydrogen-bond acceptors (Lipinski definition) is 2. The van der Waals surface area contributed by atoms with Crippen LogP contribution in [0.15, 0.2) is 0 Å². The third-order valence-electron chi connectivity index (χ3n) is 9.19. The molecule has 0 aromatic rings. The molecule has 0 radical (unpaired) electrons. The zero-order chi connectivity index (χ0) is 26.5. The Morgan fingerprint density at radius 2 is 0.750 bits per heavy atom. The first-order chi connectivity index (χ1) is 17.4. The van der Waals surface area contributed by atoms with Gasteiger partial charge >= 0.3 is 11.9 Å². The second-order valence-electron chi connectivity index (χ2n) is 12.2. The van der Waals surface area contributed by atoms with Crippen molar-refractivity contribution in [3.63, 3.8) is 0 Å². The van der Waals surface area contributed by atoms with Crippen LogP contribution in [-0.4, -0.2) is 22.2 Å². The first kappa shape index (κ1) is 33.0. The van der Waals surface area contributed by atoms with Crippen molar-refractivity contribution < 1.29 is 19.8 Å². The highest BCUT2D eigenvalue weighted by Crippen LogP contribution is 2.54. The van der Waals surface area contributed by atoms with Gasteiger partial charge in [-0.15, -0.1) is 0 Å². The van der Waals surface area contributed by atoms with Gasteiger partial charge in [0.25, 0.3) is 0 Å². The van der Waals surface area contributed by atoms with Crippen LogP contribution in [0, 0.1) is 10.8 Å². The van der Waals surface area contributed by atoms with Gasteiger partial charge in [-0.2, -0.15) is 0 Å². The molecule has 0 unspecified atom stereocenters. The van der Waals surface area contributed by atoms with E-state index in [0.717, 1.165) is 25.7 Å². The smallest absolute Gasteiger partial charge is 0.303 e. The van der Waals surface area contributed by atoms with Gasteiger partial charge in [-0.1, -0.05) is 104 Å². The highest BCUT2D eigenvalue weighted by atomic mass is 16.4. The average molecular weight is 509 g/mol. The molecule has 212 valence electrons. The fraction of sp³-hybridized carbons (Fsp3) is 0.938. The Hall–Kier alpha value is -1.06. The van der Waals surface area contributed by atoms with Gasteiger partial charge < -0.3 is 10.2 Å². The van der Waals surface area contributed by atoms with E-state index < -0.39 is 11.9 Å². The average Bonchev–Trinajstić information content (AvgIpc) is 2.84. The molecule has 0 saturated heterocycles. The molecule has 0 aromatic carbocycles. The molecule has 1 fully saturated rings. The Labute approximate surface area is 223 Å². The van der Waals surface area contributed by atoms with Gasteiger partial charge in [-0.05, 0) is 75.0 Å². The largest absolute Gasteiger partial charge is 0.481 e. The molecule has 0 atom stereocenters. The van der Waals surface area contributed by atoms with Gasteiger partial charge in [0.15, 0.2) is 0 Å². The first-order valence-electron chi connectivity index (χ1n) is 15.8. The predicted molar refractivity (Wildman–Crippen MR) is 152 cm³/mol. The second kappa shape index (κ2) is 20.0. The molecular formula is C32H60O4. The molecular weight excluding hydrogens is 448 g/mol. The molecule has 1 saturated carbocycles. The number of unbranched alkanes of at least 4 members (excludes halogenated alkanes) is 12. The van der Waals surface area contributed by atoms with E-state index in [-0.39, 0.29) is 0 Å². The number of rotatable bonds is 24. The SMILES string of the molecule is CCCCCC1(CCCCC)CCC(CCCCCCCC(=O)O)(CCCCCCCC(=O)O)CC1. The maximum absolute atomic E-state index is 10.7. The van der Waals surface area contributed by atoms with Crippen LogP contribution in [0.3, 0.4) is 0 Å². The quantitative estimate of drug-likeness (QED) is 0.127. The minimum absolute atomic E-state index is 0.314. The first-order valence-corrected chi connectivity index (χ1v) is 15.8. The number of carboxylic acids is 2. The lowest BCUT2D eigenvalue weighted by molar-refractivity contribution is -0.138. The van der Waals surface area contributed by atoms with Crippen LogP contribution in [0.4, 0.5) is 0 Å². The summed E-state index contributed by atoms with van der Waals surface area (Å²) in [4.78, 5) is 21.5. The molecule has 0 bridgehead atoms. The minimum Gasteiger partial charge on any atom is -0.481 e. The van der Waals surface area contributed by atoms with Gasteiger partial charge in [0.2, 0.25) is 0 Å². The number of aliphatic carboxylic acids is 2. The molecule has 0 amide bonds. The molecule has 0 heterocycles. The normalized spacial score (nSPS) is 16.7.